The highest BCUT2D eigenvalue weighted by Crippen LogP contribution is 2.40. The number of aromatic nitrogens is 2. The quantitative estimate of drug-likeness (QED) is 0.305. The fourth-order valence-corrected chi connectivity index (χ4v) is 6.15. The molecule has 1 saturated heterocycles. The second-order valence-corrected chi connectivity index (χ2v) is 11.8. The Morgan fingerprint density at radius 3 is 2.74 bits per heavy atom. The lowest BCUT2D eigenvalue weighted by Crippen LogP contribution is -2.36. The minimum absolute atomic E-state index is 0.0476. The van der Waals surface area contributed by atoms with Gasteiger partial charge in [0.1, 0.15) is 0 Å². The molecule has 2 aromatic carbocycles. The number of anilines is 3. The van der Waals surface area contributed by atoms with Crippen molar-refractivity contribution >= 4 is 23.2 Å². The monoisotopic (exact) mass is 581 g/mol. The van der Waals surface area contributed by atoms with Crippen LogP contribution in [-0.2, 0) is 34.0 Å². The number of methoxy groups -OCH3 is 1. The lowest BCUT2D eigenvalue weighted by atomic mass is 9.82. The van der Waals surface area contributed by atoms with E-state index in [0.717, 1.165) is 61.1 Å². The maximum Gasteiger partial charge on any atom is 0.419 e. The van der Waals surface area contributed by atoms with Crippen LogP contribution < -0.4 is 10.6 Å². The van der Waals surface area contributed by atoms with Crippen LogP contribution in [-0.4, -0.2) is 54.1 Å². The SMILES string of the molecule is COCCN1CCCC(c2ccc(Nc3ncc(C(F)(F)F)c(CCc4cccc5c4C(C)(C)C(=O)N5)n3)c(C)c2)C1. The van der Waals surface area contributed by atoms with E-state index in [0.29, 0.717) is 24.6 Å². The molecular formula is C32H38F3N5O2. The predicted octanol–water partition coefficient (Wildman–Crippen LogP) is 6.39. The van der Waals surface area contributed by atoms with E-state index in [9.17, 15) is 18.0 Å². The first-order chi connectivity index (χ1) is 20.0. The van der Waals surface area contributed by atoms with Crippen LogP contribution in [0, 0.1) is 6.92 Å². The van der Waals surface area contributed by atoms with Gasteiger partial charge in [0.25, 0.3) is 0 Å². The maximum absolute atomic E-state index is 13.9. The third kappa shape index (κ3) is 6.29. The number of aryl methyl sites for hydroxylation is 3. The molecule has 3 aromatic rings. The zero-order valence-electron chi connectivity index (χ0n) is 24.6. The third-order valence-corrected chi connectivity index (χ3v) is 8.48. The number of likely N-dealkylation sites (tertiary alicyclic amines) is 1. The first-order valence-corrected chi connectivity index (χ1v) is 14.4. The molecule has 0 aliphatic carbocycles. The number of rotatable bonds is 9. The summed E-state index contributed by atoms with van der Waals surface area (Å²) >= 11 is 0. The Kier molecular flexibility index (Phi) is 8.57. The van der Waals surface area contributed by atoms with Crippen molar-refractivity contribution in [3.8, 4) is 0 Å². The molecule has 1 amide bonds. The Morgan fingerprint density at radius 1 is 1.19 bits per heavy atom. The molecular weight excluding hydrogens is 543 g/mol. The molecule has 2 aliphatic heterocycles. The second-order valence-electron chi connectivity index (χ2n) is 11.8. The molecule has 7 nitrogen and oxygen atoms in total. The second kappa shape index (κ2) is 12.0. The number of benzene rings is 2. The predicted molar refractivity (Wildman–Crippen MR) is 157 cm³/mol. The van der Waals surface area contributed by atoms with Crippen molar-refractivity contribution in [3.63, 3.8) is 0 Å². The van der Waals surface area contributed by atoms with Crippen LogP contribution in [0.4, 0.5) is 30.5 Å². The standard InChI is InChI=1S/C32H38F3N5O2/c1-20-17-22(23-8-6-14-40(19-23)15-16-42-4)11-12-25(20)38-30-36-18-24(32(33,34)35)26(39-30)13-10-21-7-5-9-27-28(21)31(2,3)29(41)37-27/h5,7,9,11-12,17-18,23H,6,8,10,13-16,19H2,1-4H3,(H,37,41)(H,36,38,39). The molecule has 5 rings (SSSR count). The Morgan fingerprint density at radius 2 is 2.00 bits per heavy atom. The van der Waals surface area contributed by atoms with Crippen LogP contribution >= 0.6 is 0 Å². The number of ether oxygens (including phenoxy) is 1. The minimum atomic E-state index is -4.59. The molecule has 1 unspecified atom stereocenters. The van der Waals surface area contributed by atoms with Crippen molar-refractivity contribution < 1.29 is 22.7 Å². The van der Waals surface area contributed by atoms with E-state index in [-0.39, 0.29) is 24.0 Å². The van der Waals surface area contributed by atoms with E-state index in [1.165, 1.54) is 5.56 Å². The number of halogens is 3. The summed E-state index contributed by atoms with van der Waals surface area (Å²) in [6, 6.07) is 11.7. The summed E-state index contributed by atoms with van der Waals surface area (Å²) in [5.41, 5.74) is 3.64. The lowest BCUT2D eigenvalue weighted by molar-refractivity contribution is -0.138. The first-order valence-electron chi connectivity index (χ1n) is 14.4. The topological polar surface area (TPSA) is 79.4 Å². The van der Waals surface area contributed by atoms with Crippen molar-refractivity contribution in [2.75, 3.05) is 44.0 Å². The number of piperidine rings is 1. The van der Waals surface area contributed by atoms with Gasteiger partial charge in [-0.15, -0.1) is 0 Å². The summed E-state index contributed by atoms with van der Waals surface area (Å²) in [5.74, 6) is 0.419. The van der Waals surface area contributed by atoms with E-state index in [4.69, 9.17) is 4.74 Å². The number of amides is 1. The molecule has 0 bridgehead atoms. The molecule has 1 fully saturated rings. The van der Waals surface area contributed by atoms with Gasteiger partial charge in [0.2, 0.25) is 11.9 Å². The first kappa shape index (κ1) is 30.0. The van der Waals surface area contributed by atoms with E-state index >= 15 is 0 Å². The van der Waals surface area contributed by atoms with Gasteiger partial charge in [0.05, 0.1) is 23.3 Å². The number of nitrogens with one attached hydrogen (secondary N) is 2. The van der Waals surface area contributed by atoms with Gasteiger partial charge in [-0.05, 0) is 93.3 Å². The molecule has 224 valence electrons. The van der Waals surface area contributed by atoms with E-state index in [2.05, 4.69) is 37.6 Å². The van der Waals surface area contributed by atoms with Gasteiger partial charge in [0.15, 0.2) is 0 Å². The third-order valence-electron chi connectivity index (χ3n) is 8.48. The fraction of sp³-hybridized carbons (Fsp3) is 0.469. The van der Waals surface area contributed by atoms with Crippen molar-refractivity contribution in [1.82, 2.24) is 14.9 Å². The largest absolute Gasteiger partial charge is 0.419 e. The highest BCUT2D eigenvalue weighted by molar-refractivity contribution is 6.06. The zero-order chi connectivity index (χ0) is 30.1. The maximum atomic E-state index is 13.9. The van der Waals surface area contributed by atoms with Crippen molar-refractivity contribution in [3.05, 3.63) is 76.1 Å². The molecule has 0 spiro atoms. The van der Waals surface area contributed by atoms with Gasteiger partial charge < -0.3 is 20.3 Å². The van der Waals surface area contributed by atoms with Gasteiger partial charge >= 0.3 is 6.18 Å². The van der Waals surface area contributed by atoms with Crippen LogP contribution in [0.2, 0.25) is 0 Å². The van der Waals surface area contributed by atoms with Gasteiger partial charge in [-0.25, -0.2) is 9.97 Å². The van der Waals surface area contributed by atoms with Gasteiger partial charge in [-0.2, -0.15) is 13.2 Å². The summed E-state index contributed by atoms with van der Waals surface area (Å²) in [5, 5.41) is 6.02. The van der Waals surface area contributed by atoms with Gasteiger partial charge in [0, 0.05) is 37.8 Å². The van der Waals surface area contributed by atoms with Crippen LogP contribution in [0.5, 0.6) is 0 Å². The van der Waals surface area contributed by atoms with Crippen molar-refractivity contribution in [2.45, 2.75) is 64.0 Å². The Bertz CT molecular complexity index is 1460. The molecule has 1 atom stereocenters. The Hall–Kier alpha value is -3.50. The summed E-state index contributed by atoms with van der Waals surface area (Å²) in [7, 11) is 1.72. The average Bonchev–Trinajstić information content (AvgIpc) is 3.19. The van der Waals surface area contributed by atoms with Crippen LogP contribution in [0.25, 0.3) is 0 Å². The zero-order valence-corrected chi connectivity index (χ0v) is 24.6. The molecule has 1 aromatic heterocycles. The van der Waals surface area contributed by atoms with Crippen LogP contribution in [0.1, 0.15) is 66.1 Å². The average molecular weight is 582 g/mol. The molecule has 0 saturated carbocycles. The Balaban J connectivity index is 1.35. The van der Waals surface area contributed by atoms with Crippen LogP contribution in [0.15, 0.2) is 42.6 Å². The smallest absolute Gasteiger partial charge is 0.383 e. The van der Waals surface area contributed by atoms with Crippen molar-refractivity contribution in [1.29, 1.82) is 0 Å². The number of hydrogen-bond acceptors (Lipinski definition) is 6. The fourth-order valence-electron chi connectivity index (χ4n) is 6.15. The lowest BCUT2D eigenvalue weighted by Gasteiger charge is -2.33. The molecule has 3 heterocycles. The molecule has 2 N–H and O–H groups in total. The van der Waals surface area contributed by atoms with E-state index in [1.54, 1.807) is 7.11 Å². The number of carbonyl (C=O) groups is 1. The Labute approximate surface area is 244 Å². The number of alkyl halides is 3. The molecule has 0 radical (unpaired) electrons. The summed E-state index contributed by atoms with van der Waals surface area (Å²) in [6.07, 6.45) is -1.13. The number of fused-ring (bicyclic) bond motifs is 1. The molecule has 10 heteroatoms. The number of nitrogens with zero attached hydrogens (tertiary/aromatic N) is 3. The van der Waals surface area contributed by atoms with Crippen molar-refractivity contribution in [2.24, 2.45) is 0 Å². The highest BCUT2D eigenvalue weighted by Gasteiger charge is 2.40. The minimum Gasteiger partial charge on any atom is -0.383 e. The highest BCUT2D eigenvalue weighted by atomic mass is 19.4. The van der Waals surface area contributed by atoms with E-state index < -0.39 is 17.2 Å². The van der Waals surface area contributed by atoms with Gasteiger partial charge in [-0.3, -0.25) is 4.79 Å². The van der Waals surface area contributed by atoms with Crippen LogP contribution in [0.3, 0.4) is 0 Å². The van der Waals surface area contributed by atoms with Gasteiger partial charge in [-0.1, -0.05) is 24.3 Å². The number of carbonyl (C=O) groups excluding carboxylic acids is 1. The van der Waals surface area contributed by atoms with E-state index in [1.807, 2.05) is 45.0 Å². The normalized spacial score (nSPS) is 18.5. The summed E-state index contributed by atoms with van der Waals surface area (Å²) in [6.45, 7) is 9.31. The summed E-state index contributed by atoms with van der Waals surface area (Å²) in [4.78, 5) is 23.3. The molecule has 42 heavy (non-hydrogen) atoms. The molecule has 2 aliphatic rings. The summed E-state index contributed by atoms with van der Waals surface area (Å²) < 4.78 is 47.1. The number of hydrogen-bond donors (Lipinski definition) is 2.